The second-order valence-electron chi connectivity index (χ2n) is 7.97. The number of fused-ring (bicyclic) bond motifs is 3. The number of halogens is 3. The first-order valence-corrected chi connectivity index (χ1v) is 10.7. The molecule has 3 aromatic carbocycles. The average molecular weight is 495 g/mol. The van der Waals surface area contributed by atoms with E-state index < -0.39 is 18.5 Å². The van der Waals surface area contributed by atoms with Gasteiger partial charge in [0, 0.05) is 17.4 Å². The molecule has 3 nitrogen and oxygen atoms in total. The van der Waals surface area contributed by atoms with Crippen molar-refractivity contribution in [2.45, 2.75) is 31.2 Å². The number of carbonyl (C=O) groups excluding carboxylic acids is 1. The van der Waals surface area contributed by atoms with E-state index >= 15 is 0 Å². The monoisotopic (exact) mass is 495 g/mol. The second kappa shape index (κ2) is 10.6. The summed E-state index contributed by atoms with van der Waals surface area (Å²) in [7, 11) is 0. The normalized spacial score (nSPS) is 12.5. The molecule has 1 aliphatic carbocycles. The molecule has 9 heteroatoms. The molecule has 0 aliphatic heterocycles. The molecule has 1 N–H and O–H groups in total. The van der Waals surface area contributed by atoms with Gasteiger partial charge in [0.1, 0.15) is 6.61 Å². The van der Waals surface area contributed by atoms with Crippen LogP contribution in [-0.2, 0) is 11.3 Å². The van der Waals surface area contributed by atoms with Gasteiger partial charge in [-0.2, -0.15) is 0 Å². The molecule has 0 fully saturated rings. The zero-order valence-corrected chi connectivity index (χ0v) is 22.7. The Labute approximate surface area is 239 Å². The summed E-state index contributed by atoms with van der Waals surface area (Å²) in [4.78, 5) is 12.6. The Morgan fingerprint density at radius 2 is 1.55 bits per heavy atom. The number of alkyl carbamates (subject to hydrolysis) is 1. The number of nitrogens with one attached hydrogen (secondary N) is 1. The van der Waals surface area contributed by atoms with Crippen LogP contribution in [0.25, 0.3) is 11.1 Å². The number of amides is 1. The Morgan fingerprint density at radius 3 is 2.09 bits per heavy atom. The van der Waals surface area contributed by atoms with Gasteiger partial charge >= 0.3 is 64.5 Å². The first-order valence-electron chi connectivity index (χ1n) is 10.3. The van der Waals surface area contributed by atoms with Gasteiger partial charge in [0.2, 0.25) is 0 Å². The fourth-order valence-corrected chi connectivity index (χ4v) is 4.74. The maximum atomic E-state index is 13.5. The van der Waals surface area contributed by atoms with Crippen molar-refractivity contribution in [3.63, 3.8) is 0 Å². The van der Waals surface area contributed by atoms with Crippen LogP contribution in [0.2, 0.25) is 0 Å². The molecule has 3 aromatic rings. The SMILES string of the molecule is Cc1c(S)cc(CNC(=O)OCC2c3ccccc3-c3ccccc32)c(C)c1[B-](F)(F)F.[K+]. The van der Waals surface area contributed by atoms with Crippen LogP contribution in [-0.4, -0.2) is 19.7 Å². The van der Waals surface area contributed by atoms with Gasteiger partial charge < -0.3 is 23.0 Å². The Balaban J connectivity index is 0.00000306. The summed E-state index contributed by atoms with van der Waals surface area (Å²) in [5, 5.41) is 2.58. The minimum atomic E-state index is -5.19. The number of ether oxygens (including phenoxy) is 1. The maximum absolute atomic E-state index is 13.5. The Bertz CT molecular complexity index is 1160. The smallest absolute Gasteiger partial charge is 0.449 e. The van der Waals surface area contributed by atoms with Crippen molar-refractivity contribution in [2.24, 2.45) is 0 Å². The van der Waals surface area contributed by atoms with E-state index in [1.165, 1.54) is 13.8 Å². The van der Waals surface area contributed by atoms with Crippen LogP contribution in [0.3, 0.4) is 0 Å². The second-order valence-corrected chi connectivity index (χ2v) is 8.45. The molecule has 1 amide bonds. The molecule has 4 rings (SSSR count). The quantitative estimate of drug-likeness (QED) is 0.422. The molecule has 1 aliphatic rings. The van der Waals surface area contributed by atoms with Crippen molar-refractivity contribution in [2.75, 3.05) is 6.61 Å². The van der Waals surface area contributed by atoms with Crippen LogP contribution >= 0.6 is 12.6 Å². The van der Waals surface area contributed by atoms with Crippen LogP contribution in [0.1, 0.15) is 33.7 Å². The molecule has 0 radical (unpaired) electrons. The van der Waals surface area contributed by atoms with Crippen LogP contribution in [0.15, 0.2) is 59.5 Å². The Hall–Kier alpha value is -1.23. The van der Waals surface area contributed by atoms with Gasteiger partial charge in [-0.25, -0.2) is 4.79 Å². The standard InChI is InChI=1S/C24H22BF3NO2S.K/c1-14-16(11-22(32)15(2)23(14)25(26,27)28)12-29-24(30)31-13-21-19-9-5-3-7-17(19)18-8-4-6-10-20(18)21;/h3-11,21,32H,12-13H2,1-2H3,(H,29,30);/q-1;+1. The zero-order valence-electron chi connectivity index (χ0n) is 18.7. The van der Waals surface area contributed by atoms with Gasteiger partial charge in [0.15, 0.2) is 0 Å². The molecule has 33 heavy (non-hydrogen) atoms. The van der Waals surface area contributed by atoms with Crippen LogP contribution in [0, 0.1) is 13.8 Å². The summed E-state index contributed by atoms with van der Waals surface area (Å²) >= 11 is 4.18. The number of hydrogen-bond acceptors (Lipinski definition) is 3. The summed E-state index contributed by atoms with van der Waals surface area (Å²) in [5.41, 5.74) is 4.34. The van der Waals surface area contributed by atoms with E-state index in [1.54, 1.807) is 6.07 Å². The maximum Gasteiger partial charge on any atom is 1.00 e. The van der Waals surface area contributed by atoms with Gasteiger partial charge in [-0.15, -0.1) is 18.1 Å². The van der Waals surface area contributed by atoms with Crippen molar-refractivity contribution < 1.29 is 73.9 Å². The number of benzene rings is 3. The Kier molecular flexibility index (Phi) is 8.46. The number of thiol groups is 1. The van der Waals surface area contributed by atoms with Crippen molar-refractivity contribution in [3.8, 4) is 11.1 Å². The molecule has 0 saturated heterocycles. The molecule has 0 spiro atoms. The van der Waals surface area contributed by atoms with Gasteiger partial charge in [0.25, 0.3) is 0 Å². The van der Waals surface area contributed by atoms with Gasteiger partial charge in [-0.3, -0.25) is 0 Å². The van der Waals surface area contributed by atoms with Crippen molar-refractivity contribution in [3.05, 3.63) is 82.4 Å². The van der Waals surface area contributed by atoms with E-state index in [0.29, 0.717) is 5.56 Å². The van der Waals surface area contributed by atoms with Crippen molar-refractivity contribution >= 4 is 31.2 Å². The summed E-state index contributed by atoms with van der Waals surface area (Å²) in [5.74, 6) is -0.0853. The van der Waals surface area contributed by atoms with Crippen molar-refractivity contribution in [1.29, 1.82) is 0 Å². The molecular formula is C24H22BF3KNO2S. The van der Waals surface area contributed by atoms with Crippen LogP contribution in [0.5, 0.6) is 0 Å². The van der Waals surface area contributed by atoms with E-state index in [1.807, 2.05) is 48.5 Å². The summed E-state index contributed by atoms with van der Waals surface area (Å²) in [6, 6.07) is 17.5. The first kappa shape index (κ1) is 26.4. The molecule has 0 saturated carbocycles. The van der Waals surface area contributed by atoms with E-state index in [0.717, 1.165) is 22.3 Å². The zero-order chi connectivity index (χ0) is 23.0. The molecule has 0 aromatic heterocycles. The van der Waals surface area contributed by atoms with E-state index in [4.69, 9.17) is 4.74 Å². The minimum Gasteiger partial charge on any atom is -0.449 e. The molecular weight excluding hydrogens is 473 g/mol. The molecule has 0 atom stereocenters. The van der Waals surface area contributed by atoms with Gasteiger partial charge in [0.05, 0.1) is 0 Å². The third kappa shape index (κ3) is 5.39. The minimum absolute atomic E-state index is 0. The first-order chi connectivity index (χ1) is 15.2. The third-order valence-electron chi connectivity index (χ3n) is 6.08. The fraction of sp³-hybridized carbons (Fsp3) is 0.208. The molecule has 0 bridgehead atoms. The topological polar surface area (TPSA) is 38.3 Å². The van der Waals surface area contributed by atoms with E-state index in [2.05, 4.69) is 17.9 Å². The molecule has 0 unspecified atom stereocenters. The third-order valence-corrected chi connectivity index (χ3v) is 6.54. The number of carbonyl (C=O) groups is 1. The largest absolute Gasteiger partial charge is 1.00 e. The van der Waals surface area contributed by atoms with Crippen LogP contribution < -0.4 is 62.2 Å². The Morgan fingerprint density at radius 1 is 1.00 bits per heavy atom. The summed E-state index contributed by atoms with van der Waals surface area (Å²) in [6.07, 6.45) is -0.674. The predicted molar refractivity (Wildman–Crippen MR) is 124 cm³/mol. The summed E-state index contributed by atoms with van der Waals surface area (Å²) < 4.78 is 46.0. The van der Waals surface area contributed by atoms with E-state index in [9.17, 15) is 17.7 Å². The predicted octanol–water partition coefficient (Wildman–Crippen LogP) is 2.69. The van der Waals surface area contributed by atoms with Gasteiger partial charge in [-0.1, -0.05) is 59.7 Å². The average Bonchev–Trinajstić information content (AvgIpc) is 3.07. The van der Waals surface area contributed by atoms with Gasteiger partial charge in [-0.05, 0) is 47.7 Å². The van der Waals surface area contributed by atoms with Crippen LogP contribution in [0.4, 0.5) is 17.7 Å². The number of rotatable bonds is 5. The molecule has 166 valence electrons. The number of hydrogen-bond donors (Lipinski definition) is 2. The fourth-order valence-electron chi connectivity index (χ4n) is 4.47. The summed E-state index contributed by atoms with van der Waals surface area (Å²) in [6.45, 7) is -2.30. The molecule has 0 heterocycles. The van der Waals surface area contributed by atoms with Crippen molar-refractivity contribution in [1.82, 2.24) is 5.32 Å². The van der Waals surface area contributed by atoms with E-state index in [-0.39, 0.29) is 86.5 Å².